The van der Waals surface area contributed by atoms with E-state index in [0.29, 0.717) is 0 Å². The number of carbonyl (C=O) groups is 1. The van der Waals surface area contributed by atoms with Crippen LogP contribution >= 0.6 is 23.2 Å². The lowest BCUT2D eigenvalue weighted by Crippen LogP contribution is -2.09. The number of methoxy groups -OCH3 is 1. The average molecular weight is 270 g/mol. The molecule has 0 fully saturated rings. The first-order chi connectivity index (χ1) is 7.51. The van der Waals surface area contributed by atoms with Crippen molar-refractivity contribution >= 4 is 29.2 Å². The Balaban J connectivity index is 3.34. The normalized spacial score (nSPS) is 10.6. The molecule has 0 amide bonds. The molecule has 0 aliphatic rings. The predicted octanol–water partition coefficient (Wildman–Crippen LogP) is 3.20. The molecule has 0 bridgehead atoms. The molecule has 1 aromatic heterocycles. The Labute approximate surface area is 100 Å². The summed E-state index contributed by atoms with van der Waals surface area (Å²) in [5, 5.41) is -0.146. The third-order valence-electron chi connectivity index (χ3n) is 1.81. The van der Waals surface area contributed by atoms with E-state index in [0.717, 1.165) is 13.2 Å². The Kier molecular flexibility index (Phi) is 4.44. The number of pyridine rings is 1. The van der Waals surface area contributed by atoms with Crippen molar-refractivity contribution in [3.63, 3.8) is 0 Å². The summed E-state index contributed by atoms with van der Waals surface area (Å²) in [4.78, 5) is 14.9. The van der Waals surface area contributed by atoms with Crippen molar-refractivity contribution in [2.75, 3.05) is 7.11 Å². The summed E-state index contributed by atoms with van der Waals surface area (Å²) in [6.07, 6.45) is -2.77. The van der Waals surface area contributed by atoms with Crippen LogP contribution in [-0.4, -0.2) is 18.1 Å². The molecule has 0 aliphatic heterocycles. The number of carbonyl (C=O) groups excluding carboxylic acids is 1. The Morgan fingerprint density at radius 3 is 2.69 bits per heavy atom. The molecule has 0 saturated carbocycles. The Bertz CT molecular complexity index is 413. The number of esters is 1. The highest BCUT2D eigenvalue weighted by molar-refractivity contribution is 6.34. The highest BCUT2D eigenvalue weighted by Crippen LogP contribution is 2.26. The van der Waals surface area contributed by atoms with Gasteiger partial charge in [0, 0.05) is 0 Å². The van der Waals surface area contributed by atoms with Gasteiger partial charge in [-0.05, 0) is 6.07 Å². The zero-order chi connectivity index (χ0) is 12.3. The Hall–Kier alpha value is -0.940. The fourth-order valence-corrected chi connectivity index (χ4v) is 1.60. The second-order valence-electron chi connectivity index (χ2n) is 2.78. The molecule has 0 N–H and O–H groups in total. The zero-order valence-electron chi connectivity index (χ0n) is 8.14. The first-order valence-corrected chi connectivity index (χ1v) is 5.04. The van der Waals surface area contributed by atoms with Crippen molar-refractivity contribution in [1.29, 1.82) is 0 Å². The minimum atomic E-state index is -2.77. The maximum atomic E-state index is 12.4. The summed E-state index contributed by atoms with van der Waals surface area (Å²) < 4.78 is 29.2. The van der Waals surface area contributed by atoms with E-state index in [9.17, 15) is 13.6 Å². The van der Waals surface area contributed by atoms with Crippen molar-refractivity contribution in [3.05, 3.63) is 28.0 Å². The summed E-state index contributed by atoms with van der Waals surface area (Å²) in [5.74, 6) is -0.959. The van der Waals surface area contributed by atoms with Gasteiger partial charge in [-0.25, -0.2) is 18.6 Å². The summed E-state index contributed by atoms with van der Waals surface area (Å²) >= 11 is 11.2. The second-order valence-corrected chi connectivity index (χ2v) is 3.45. The highest BCUT2D eigenvalue weighted by atomic mass is 35.5. The summed E-state index contributed by atoms with van der Waals surface area (Å²) in [6, 6.07) is 0.925. The van der Waals surface area contributed by atoms with Gasteiger partial charge in [-0.3, -0.25) is 0 Å². The largest absolute Gasteiger partial charge is 0.465 e. The number of alkyl halides is 3. The van der Waals surface area contributed by atoms with Gasteiger partial charge in [-0.15, -0.1) is 11.6 Å². The molecule has 1 heterocycles. The number of nitrogens with zero attached hydrogens (tertiary/aromatic N) is 1. The zero-order valence-corrected chi connectivity index (χ0v) is 9.65. The van der Waals surface area contributed by atoms with Gasteiger partial charge in [-0.2, -0.15) is 0 Å². The van der Waals surface area contributed by atoms with E-state index in [1.54, 1.807) is 0 Å². The van der Waals surface area contributed by atoms with Crippen LogP contribution in [0.1, 0.15) is 28.2 Å². The lowest BCUT2D eigenvalue weighted by atomic mass is 10.2. The van der Waals surface area contributed by atoms with E-state index in [1.807, 2.05) is 0 Å². The average Bonchev–Trinajstić information content (AvgIpc) is 2.26. The van der Waals surface area contributed by atoms with Crippen LogP contribution in [0.3, 0.4) is 0 Å². The molecule has 1 rings (SSSR count). The Morgan fingerprint density at radius 1 is 1.62 bits per heavy atom. The van der Waals surface area contributed by atoms with E-state index in [1.165, 1.54) is 0 Å². The smallest absolute Gasteiger partial charge is 0.341 e. The first-order valence-electron chi connectivity index (χ1n) is 4.13. The molecule has 0 atom stereocenters. The van der Waals surface area contributed by atoms with Crippen molar-refractivity contribution < 1.29 is 18.3 Å². The standard InChI is InChI=1S/C9H7Cl2F2NO2/c1-16-9(15)7-4(11)2-5(8(12)13)14-6(7)3-10/h2,8H,3H2,1H3. The molecule has 0 radical (unpaired) electrons. The maximum absolute atomic E-state index is 12.4. The molecule has 0 saturated heterocycles. The molecule has 88 valence electrons. The highest BCUT2D eigenvalue weighted by Gasteiger charge is 2.21. The third kappa shape index (κ3) is 2.59. The monoisotopic (exact) mass is 269 g/mol. The van der Waals surface area contributed by atoms with Crippen LogP contribution in [0.25, 0.3) is 0 Å². The van der Waals surface area contributed by atoms with Gasteiger partial charge < -0.3 is 4.74 Å². The van der Waals surface area contributed by atoms with E-state index in [4.69, 9.17) is 23.2 Å². The van der Waals surface area contributed by atoms with Crippen molar-refractivity contribution in [2.24, 2.45) is 0 Å². The number of hydrogen-bond acceptors (Lipinski definition) is 3. The molecule has 0 aliphatic carbocycles. The minimum absolute atomic E-state index is 0.0173. The SMILES string of the molecule is COC(=O)c1c(Cl)cc(C(F)F)nc1CCl. The van der Waals surface area contributed by atoms with Gasteiger partial charge in [0.25, 0.3) is 6.43 Å². The first kappa shape index (κ1) is 13.1. The van der Waals surface area contributed by atoms with Crippen LogP contribution in [-0.2, 0) is 10.6 Å². The summed E-state index contributed by atoms with van der Waals surface area (Å²) in [5.41, 5.74) is -0.617. The van der Waals surface area contributed by atoms with E-state index in [-0.39, 0.29) is 22.2 Å². The van der Waals surface area contributed by atoms with Crippen LogP contribution in [0.5, 0.6) is 0 Å². The Morgan fingerprint density at radius 2 is 2.25 bits per heavy atom. The van der Waals surface area contributed by atoms with Crippen molar-refractivity contribution in [2.45, 2.75) is 12.3 Å². The number of aromatic nitrogens is 1. The van der Waals surface area contributed by atoms with Gasteiger partial charge in [0.05, 0.1) is 23.7 Å². The van der Waals surface area contributed by atoms with Crippen LogP contribution in [0.15, 0.2) is 6.07 Å². The molecule has 0 unspecified atom stereocenters. The topological polar surface area (TPSA) is 39.2 Å². The van der Waals surface area contributed by atoms with Crippen LogP contribution in [0, 0.1) is 0 Å². The van der Waals surface area contributed by atoms with Crippen molar-refractivity contribution in [1.82, 2.24) is 4.98 Å². The number of ether oxygens (including phenoxy) is 1. The molecule has 3 nitrogen and oxygen atoms in total. The molecular weight excluding hydrogens is 263 g/mol. The lowest BCUT2D eigenvalue weighted by Gasteiger charge is -2.09. The number of halogens is 4. The van der Waals surface area contributed by atoms with Crippen molar-refractivity contribution in [3.8, 4) is 0 Å². The summed E-state index contributed by atoms with van der Waals surface area (Å²) in [7, 11) is 1.15. The van der Waals surface area contributed by atoms with E-state index < -0.39 is 18.1 Å². The fraction of sp³-hybridized carbons (Fsp3) is 0.333. The quantitative estimate of drug-likeness (QED) is 0.625. The molecule has 16 heavy (non-hydrogen) atoms. The second kappa shape index (κ2) is 5.41. The lowest BCUT2D eigenvalue weighted by molar-refractivity contribution is 0.0598. The molecular formula is C9H7Cl2F2NO2. The molecule has 1 aromatic rings. The predicted molar refractivity (Wildman–Crippen MR) is 55.1 cm³/mol. The van der Waals surface area contributed by atoms with E-state index >= 15 is 0 Å². The van der Waals surface area contributed by atoms with Gasteiger partial charge in [0.15, 0.2) is 0 Å². The van der Waals surface area contributed by atoms with E-state index in [2.05, 4.69) is 9.72 Å². The van der Waals surface area contributed by atoms with Gasteiger partial charge in [0.2, 0.25) is 0 Å². The fourth-order valence-electron chi connectivity index (χ4n) is 1.11. The third-order valence-corrected chi connectivity index (χ3v) is 2.36. The van der Waals surface area contributed by atoms with Crippen LogP contribution in [0.4, 0.5) is 8.78 Å². The van der Waals surface area contributed by atoms with Crippen LogP contribution in [0.2, 0.25) is 5.02 Å². The van der Waals surface area contributed by atoms with Gasteiger partial charge >= 0.3 is 5.97 Å². The summed E-state index contributed by atoms with van der Waals surface area (Å²) in [6.45, 7) is 0. The minimum Gasteiger partial charge on any atom is -0.465 e. The van der Waals surface area contributed by atoms with Gasteiger partial charge in [-0.1, -0.05) is 11.6 Å². The van der Waals surface area contributed by atoms with Crippen LogP contribution < -0.4 is 0 Å². The number of rotatable bonds is 3. The maximum Gasteiger partial charge on any atom is 0.341 e. The molecule has 0 spiro atoms. The number of hydrogen-bond donors (Lipinski definition) is 0. The van der Waals surface area contributed by atoms with Gasteiger partial charge in [0.1, 0.15) is 11.3 Å². The molecule has 7 heteroatoms. The molecule has 0 aromatic carbocycles.